The number of aliphatic hydroxyl groups excluding tert-OH is 6. The van der Waals surface area contributed by atoms with Gasteiger partial charge in [0.15, 0.2) is 6.29 Å². The fourth-order valence-electron chi connectivity index (χ4n) is 2.24. The lowest BCUT2D eigenvalue weighted by Crippen LogP contribution is -2.60. The standard InChI is InChI=1S/C12H20O9/c13-3-6-8(15)5(1-2-19-6)20-12-11(18)10(17)9(16)7(4-14)21-12/h1-2,5-18H,3-4H2. The van der Waals surface area contributed by atoms with Crippen LogP contribution in [-0.4, -0.2) is 92.9 Å². The Morgan fingerprint density at radius 1 is 0.857 bits per heavy atom. The van der Waals surface area contributed by atoms with Crippen LogP contribution in [0.1, 0.15) is 0 Å². The molecule has 6 N–H and O–H groups in total. The summed E-state index contributed by atoms with van der Waals surface area (Å²) in [4.78, 5) is 0. The van der Waals surface area contributed by atoms with Crippen LogP contribution >= 0.6 is 0 Å². The van der Waals surface area contributed by atoms with Crippen molar-refractivity contribution in [2.24, 2.45) is 0 Å². The molecule has 0 radical (unpaired) electrons. The summed E-state index contributed by atoms with van der Waals surface area (Å²) < 4.78 is 15.5. The third-order valence-electron chi connectivity index (χ3n) is 3.56. The zero-order valence-corrected chi connectivity index (χ0v) is 11.1. The Bertz CT molecular complexity index is 361. The molecule has 0 aromatic rings. The molecule has 2 aliphatic heterocycles. The number of ether oxygens (including phenoxy) is 3. The van der Waals surface area contributed by atoms with Gasteiger partial charge in [-0.05, 0) is 6.08 Å². The third kappa shape index (κ3) is 3.35. The molecule has 8 unspecified atom stereocenters. The van der Waals surface area contributed by atoms with Gasteiger partial charge in [-0.25, -0.2) is 0 Å². The molecular formula is C12H20O9. The van der Waals surface area contributed by atoms with E-state index in [4.69, 9.17) is 24.4 Å². The molecule has 21 heavy (non-hydrogen) atoms. The molecule has 8 atom stereocenters. The lowest BCUT2D eigenvalue weighted by molar-refractivity contribution is -0.315. The average Bonchev–Trinajstić information content (AvgIpc) is 2.49. The van der Waals surface area contributed by atoms with E-state index in [0.29, 0.717) is 0 Å². The van der Waals surface area contributed by atoms with Crippen LogP contribution in [0.4, 0.5) is 0 Å². The fourth-order valence-corrected chi connectivity index (χ4v) is 2.24. The Balaban J connectivity index is 2.04. The molecule has 0 saturated carbocycles. The van der Waals surface area contributed by atoms with E-state index < -0.39 is 62.2 Å². The van der Waals surface area contributed by atoms with Crippen molar-refractivity contribution >= 4 is 0 Å². The van der Waals surface area contributed by atoms with Crippen LogP contribution in [0.2, 0.25) is 0 Å². The van der Waals surface area contributed by atoms with Crippen LogP contribution in [0.5, 0.6) is 0 Å². The Morgan fingerprint density at radius 3 is 2.14 bits per heavy atom. The van der Waals surface area contributed by atoms with E-state index in [2.05, 4.69) is 0 Å². The van der Waals surface area contributed by atoms with E-state index in [9.17, 15) is 20.4 Å². The van der Waals surface area contributed by atoms with Gasteiger partial charge in [0.05, 0.1) is 19.5 Å². The molecule has 2 aliphatic rings. The lowest BCUT2D eigenvalue weighted by atomic mass is 9.99. The number of aliphatic hydroxyl groups is 6. The first-order valence-electron chi connectivity index (χ1n) is 6.56. The molecule has 0 spiro atoms. The van der Waals surface area contributed by atoms with E-state index in [1.807, 2.05) is 0 Å². The van der Waals surface area contributed by atoms with Gasteiger partial charge in [-0.2, -0.15) is 0 Å². The van der Waals surface area contributed by atoms with E-state index in [0.717, 1.165) is 0 Å². The van der Waals surface area contributed by atoms with E-state index in [1.165, 1.54) is 12.3 Å². The summed E-state index contributed by atoms with van der Waals surface area (Å²) in [7, 11) is 0. The van der Waals surface area contributed by atoms with Crippen LogP contribution in [0.15, 0.2) is 12.3 Å². The smallest absolute Gasteiger partial charge is 0.187 e. The van der Waals surface area contributed by atoms with E-state index in [-0.39, 0.29) is 0 Å². The van der Waals surface area contributed by atoms with Crippen molar-refractivity contribution in [1.82, 2.24) is 0 Å². The second-order valence-corrected chi connectivity index (χ2v) is 4.97. The molecule has 0 aromatic carbocycles. The summed E-state index contributed by atoms with van der Waals surface area (Å²) in [6.45, 7) is -1.00. The van der Waals surface area contributed by atoms with Crippen molar-refractivity contribution in [3.05, 3.63) is 12.3 Å². The predicted octanol–water partition coefficient (Wildman–Crippen LogP) is -3.56. The molecule has 2 rings (SSSR count). The molecule has 1 saturated heterocycles. The molecule has 122 valence electrons. The summed E-state index contributed by atoms with van der Waals surface area (Å²) >= 11 is 0. The van der Waals surface area contributed by atoms with Gasteiger partial charge in [-0.3, -0.25) is 0 Å². The van der Waals surface area contributed by atoms with Gasteiger partial charge in [0, 0.05) is 0 Å². The maximum Gasteiger partial charge on any atom is 0.187 e. The minimum Gasteiger partial charge on any atom is -0.493 e. The van der Waals surface area contributed by atoms with Crippen LogP contribution < -0.4 is 0 Å². The summed E-state index contributed by atoms with van der Waals surface area (Å²) in [5.74, 6) is 0. The molecule has 0 amide bonds. The Kier molecular flexibility index (Phi) is 5.52. The normalized spacial score (nSPS) is 47.1. The first kappa shape index (κ1) is 16.6. The number of rotatable bonds is 4. The summed E-state index contributed by atoms with van der Waals surface area (Å²) in [5, 5.41) is 57.2. The minimum atomic E-state index is -1.56. The van der Waals surface area contributed by atoms with Crippen LogP contribution in [-0.2, 0) is 14.2 Å². The molecule has 0 aromatic heterocycles. The van der Waals surface area contributed by atoms with Gasteiger partial charge in [0.1, 0.15) is 42.7 Å². The Hall–Kier alpha value is -0.780. The van der Waals surface area contributed by atoms with Crippen molar-refractivity contribution in [3.8, 4) is 0 Å². The highest BCUT2D eigenvalue weighted by atomic mass is 16.7. The van der Waals surface area contributed by atoms with Crippen LogP contribution in [0.3, 0.4) is 0 Å². The predicted molar refractivity (Wildman–Crippen MR) is 65.7 cm³/mol. The number of hydrogen-bond donors (Lipinski definition) is 6. The van der Waals surface area contributed by atoms with Crippen molar-refractivity contribution in [3.63, 3.8) is 0 Å². The maximum absolute atomic E-state index is 9.93. The van der Waals surface area contributed by atoms with Crippen LogP contribution in [0.25, 0.3) is 0 Å². The SMILES string of the molecule is OCC1OC=CC(OC2OC(CO)C(O)C(O)C2O)C1O. The zero-order valence-electron chi connectivity index (χ0n) is 11.1. The molecule has 2 heterocycles. The average molecular weight is 308 g/mol. The summed E-state index contributed by atoms with van der Waals surface area (Å²) in [6, 6.07) is 0. The van der Waals surface area contributed by atoms with Crippen molar-refractivity contribution in [1.29, 1.82) is 0 Å². The highest BCUT2D eigenvalue weighted by molar-refractivity contribution is 4.99. The van der Waals surface area contributed by atoms with Gasteiger partial charge in [0.25, 0.3) is 0 Å². The second-order valence-electron chi connectivity index (χ2n) is 4.97. The fraction of sp³-hybridized carbons (Fsp3) is 0.833. The van der Waals surface area contributed by atoms with E-state index >= 15 is 0 Å². The monoisotopic (exact) mass is 308 g/mol. The highest BCUT2D eigenvalue weighted by Crippen LogP contribution is 2.25. The topological polar surface area (TPSA) is 149 Å². The second kappa shape index (κ2) is 6.99. The third-order valence-corrected chi connectivity index (χ3v) is 3.56. The van der Waals surface area contributed by atoms with Gasteiger partial charge in [-0.1, -0.05) is 0 Å². The molecule has 9 heteroatoms. The van der Waals surface area contributed by atoms with Gasteiger partial charge >= 0.3 is 0 Å². The quantitative estimate of drug-likeness (QED) is 0.310. The van der Waals surface area contributed by atoms with Gasteiger partial charge in [-0.15, -0.1) is 0 Å². The molecular weight excluding hydrogens is 288 g/mol. The summed E-state index contributed by atoms with van der Waals surface area (Å²) in [6.07, 6.45) is -7.49. The lowest BCUT2D eigenvalue weighted by Gasteiger charge is -2.41. The molecule has 9 nitrogen and oxygen atoms in total. The molecule has 0 bridgehead atoms. The van der Waals surface area contributed by atoms with Crippen molar-refractivity contribution < 1.29 is 44.8 Å². The largest absolute Gasteiger partial charge is 0.493 e. The Labute approximate surface area is 120 Å². The van der Waals surface area contributed by atoms with Crippen molar-refractivity contribution in [2.75, 3.05) is 13.2 Å². The zero-order chi connectivity index (χ0) is 15.6. The summed E-state index contributed by atoms with van der Waals surface area (Å²) in [5.41, 5.74) is 0. The van der Waals surface area contributed by atoms with Gasteiger partial charge in [0.2, 0.25) is 0 Å². The number of hydrogen-bond acceptors (Lipinski definition) is 9. The first-order valence-corrected chi connectivity index (χ1v) is 6.56. The molecule has 0 aliphatic carbocycles. The van der Waals surface area contributed by atoms with Gasteiger partial charge < -0.3 is 44.8 Å². The minimum absolute atomic E-state index is 0.431. The molecule has 1 fully saturated rings. The first-order chi connectivity index (χ1) is 9.99. The Morgan fingerprint density at radius 2 is 1.52 bits per heavy atom. The van der Waals surface area contributed by atoms with E-state index in [1.54, 1.807) is 0 Å². The maximum atomic E-state index is 9.93. The highest BCUT2D eigenvalue weighted by Gasteiger charge is 2.46. The van der Waals surface area contributed by atoms with Crippen LogP contribution in [0, 0.1) is 0 Å². The van der Waals surface area contributed by atoms with Crippen molar-refractivity contribution in [2.45, 2.75) is 49.0 Å².